The Hall–Kier alpha value is -4.77. The molecule has 2 aliphatic heterocycles. The molecule has 4 heterocycles. The molecule has 0 atom stereocenters. The number of likely N-dealkylation sites (tertiary alicyclic amines) is 1. The highest BCUT2D eigenvalue weighted by Gasteiger charge is 2.49. The molecule has 0 radical (unpaired) electrons. The van der Waals surface area contributed by atoms with E-state index in [2.05, 4.69) is 20.2 Å². The van der Waals surface area contributed by atoms with Gasteiger partial charge in [-0.15, -0.1) is 0 Å². The highest BCUT2D eigenvalue weighted by atomic mass is 16.2. The fourth-order valence-corrected chi connectivity index (χ4v) is 6.41. The first-order valence-corrected chi connectivity index (χ1v) is 15.1. The van der Waals surface area contributed by atoms with Gasteiger partial charge in [-0.05, 0) is 56.5 Å². The number of carbonyl (C=O) groups excluding carboxylic acids is 4. The molecule has 4 amide bonds. The topological polar surface area (TPSA) is 124 Å². The van der Waals surface area contributed by atoms with Gasteiger partial charge in [0.25, 0.3) is 11.8 Å². The van der Waals surface area contributed by atoms with Gasteiger partial charge >= 0.3 is 0 Å². The lowest BCUT2D eigenvalue weighted by molar-refractivity contribution is -0.151. The van der Waals surface area contributed by atoms with E-state index in [0.717, 1.165) is 21.4 Å². The minimum absolute atomic E-state index is 0.203. The van der Waals surface area contributed by atoms with E-state index in [1.807, 2.05) is 48.3 Å². The van der Waals surface area contributed by atoms with Gasteiger partial charge < -0.3 is 24.7 Å². The van der Waals surface area contributed by atoms with Gasteiger partial charge in [0.05, 0.1) is 17.5 Å². The molecule has 0 unspecified atom stereocenters. The summed E-state index contributed by atoms with van der Waals surface area (Å²) in [5, 5.41) is 4.17. The number of carbonyl (C=O) groups is 4. The number of aromatic nitrogens is 3. The third-order valence-electron chi connectivity index (χ3n) is 8.94. The Morgan fingerprint density at radius 1 is 1.02 bits per heavy atom. The molecule has 2 aliphatic rings. The molecule has 1 fully saturated rings. The van der Waals surface area contributed by atoms with Crippen molar-refractivity contribution in [1.29, 1.82) is 0 Å². The maximum absolute atomic E-state index is 14.3. The maximum atomic E-state index is 14.3. The fraction of sp³-hybridized carbons (Fsp3) is 0.364. The van der Waals surface area contributed by atoms with E-state index in [0.29, 0.717) is 63.0 Å². The number of imide groups is 1. The van der Waals surface area contributed by atoms with Crippen molar-refractivity contribution in [2.24, 2.45) is 0 Å². The van der Waals surface area contributed by atoms with Crippen LogP contribution in [0.2, 0.25) is 0 Å². The summed E-state index contributed by atoms with van der Waals surface area (Å²) in [6.07, 6.45) is 9.37. The first-order chi connectivity index (χ1) is 21.4. The van der Waals surface area contributed by atoms with Crippen molar-refractivity contribution in [1.82, 2.24) is 34.6 Å². The zero-order valence-corrected chi connectivity index (χ0v) is 24.9. The quantitative estimate of drug-likeness (QED) is 0.203. The number of aromatic amines is 1. The number of hydrogen-bond donors (Lipinski definition) is 2. The molecule has 1 saturated heterocycles. The Morgan fingerprint density at radius 2 is 1.73 bits per heavy atom. The number of amides is 4. The predicted molar refractivity (Wildman–Crippen MR) is 165 cm³/mol. The van der Waals surface area contributed by atoms with Crippen LogP contribution in [-0.2, 0) is 22.6 Å². The van der Waals surface area contributed by atoms with E-state index in [1.165, 1.54) is 0 Å². The number of rotatable bonds is 11. The average molecular weight is 596 g/mol. The van der Waals surface area contributed by atoms with Crippen LogP contribution < -0.4 is 5.32 Å². The van der Waals surface area contributed by atoms with Gasteiger partial charge in [0, 0.05) is 62.2 Å². The number of fused-ring (bicyclic) bond motifs is 2. The number of aryl methyl sites for hydroxylation is 1. The number of imidazole rings is 1. The molecule has 2 aromatic heterocycles. The first-order valence-electron chi connectivity index (χ1n) is 15.1. The number of nitrogens with zero attached hydrogens (tertiary/aromatic N) is 5. The van der Waals surface area contributed by atoms with Crippen LogP contribution in [0.5, 0.6) is 0 Å². The van der Waals surface area contributed by atoms with Crippen LogP contribution in [0, 0.1) is 0 Å². The standard InChI is InChI=1S/C33H37N7O4/c1-37-18-12-33(13-19-37,32(44)35-14-6-16-38-20-15-34-23-38)40(17-11-24-21-36-28-10-5-4-7-25(24)28)29(41)22-39-30(42)26-8-2-3-9-27(26)31(39)43/h2-5,7-10,15,20-21,23,36H,6,11-14,16-19,22H2,1H3,(H,35,44). The van der Waals surface area contributed by atoms with Crippen LogP contribution in [0.1, 0.15) is 45.5 Å². The van der Waals surface area contributed by atoms with E-state index < -0.39 is 29.8 Å². The van der Waals surface area contributed by atoms with Crippen molar-refractivity contribution in [3.05, 3.63) is 90.1 Å². The molecular weight excluding hydrogens is 558 g/mol. The predicted octanol–water partition coefficient (Wildman–Crippen LogP) is 2.70. The highest BCUT2D eigenvalue weighted by molar-refractivity contribution is 6.22. The maximum Gasteiger partial charge on any atom is 0.262 e. The summed E-state index contributed by atoms with van der Waals surface area (Å²) in [7, 11) is 2.00. The summed E-state index contributed by atoms with van der Waals surface area (Å²) < 4.78 is 1.95. The molecule has 0 bridgehead atoms. The lowest BCUT2D eigenvalue weighted by Crippen LogP contribution is -2.66. The molecule has 0 spiro atoms. The summed E-state index contributed by atoms with van der Waals surface area (Å²) in [6.45, 7) is 2.25. The molecule has 0 saturated carbocycles. The van der Waals surface area contributed by atoms with Crippen LogP contribution in [-0.4, -0.2) is 98.2 Å². The zero-order chi connectivity index (χ0) is 30.7. The van der Waals surface area contributed by atoms with Crippen LogP contribution in [0.4, 0.5) is 0 Å². The molecule has 2 N–H and O–H groups in total. The van der Waals surface area contributed by atoms with Crippen molar-refractivity contribution in [2.45, 2.75) is 37.8 Å². The van der Waals surface area contributed by atoms with Crippen molar-refractivity contribution >= 4 is 34.5 Å². The van der Waals surface area contributed by atoms with Crippen LogP contribution in [0.15, 0.2) is 73.4 Å². The third-order valence-corrected chi connectivity index (χ3v) is 8.94. The zero-order valence-electron chi connectivity index (χ0n) is 24.9. The number of hydrogen-bond acceptors (Lipinski definition) is 6. The minimum atomic E-state index is -1.12. The Morgan fingerprint density at radius 3 is 2.43 bits per heavy atom. The number of H-pyrrole nitrogens is 1. The Labute approximate surface area is 255 Å². The molecular formula is C33H37N7O4. The largest absolute Gasteiger partial charge is 0.361 e. The molecule has 228 valence electrons. The highest BCUT2D eigenvalue weighted by Crippen LogP contribution is 2.32. The van der Waals surface area contributed by atoms with Crippen LogP contribution in [0.3, 0.4) is 0 Å². The Bertz CT molecular complexity index is 1640. The first kappa shape index (κ1) is 29.3. The number of nitrogens with one attached hydrogen (secondary N) is 2. The second kappa shape index (κ2) is 12.5. The molecule has 4 aromatic rings. The lowest BCUT2D eigenvalue weighted by Gasteiger charge is -2.47. The molecule has 11 heteroatoms. The van der Waals surface area contributed by atoms with E-state index in [9.17, 15) is 19.2 Å². The Kier molecular flexibility index (Phi) is 8.30. The van der Waals surface area contributed by atoms with E-state index in [4.69, 9.17) is 0 Å². The summed E-state index contributed by atoms with van der Waals surface area (Å²) in [5.74, 6) is -1.60. The normalized spacial score (nSPS) is 16.3. The smallest absolute Gasteiger partial charge is 0.262 e. The van der Waals surface area contributed by atoms with Crippen molar-refractivity contribution in [2.75, 3.05) is 39.8 Å². The lowest BCUT2D eigenvalue weighted by atomic mass is 9.84. The molecule has 44 heavy (non-hydrogen) atoms. The summed E-state index contributed by atoms with van der Waals surface area (Å²) >= 11 is 0. The van der Waals surface area contributed by atoms with E-state index in [1.54, 1.807) is 41.7 Å². The van der Waals surface area contributed by atoms with Gasteiger partial charge in [-0.1, -0.05) is 30.3 Å². The summed E-state index contributed by atoms with van der Waals surface area (Å²) in [6, 6.07) is 14.6. The molecule has 2 aromatic carbocycles. The number of benzene rings is 2. The average Bonchev–Trinajstić information content (AvgIpc) is 3.77. The second-order valence-corrected chi connectivity index (χ2v) is 11.6. The number of piperidine rings is 1. The molecule has 0 aliphatic carbocycles. The minimum Gasteiger partial charge on any atom is -0.361 e. The Balaban J connectivity index is 1.27. The van der Waals surface area contributed by atoms with Crippen molar-refractivity contribution < 1.29 is 19.2 Å². The SMILES string of the molecule is CN1CCC(C(=O)NCCCn2ccnc2)(N(CCc2c[nH]c3ccccc23)C(=O)CN2C(=O)c3ccccc3C2=O)CC1. The van der Waals surface area contributed by atoms with Gasteiger partial charge in [0.2, 0.25) is 11.8 Å². The summed E-state index contributed by atoms with van der Waals surface area (Å²) in [5.41, 5.74) is 1.49. The monoisotopic (exact) mass is 595 g/mol. The van der Waals surface area contributed by atoms with Gasteiger partial charge in [-0.25, -0.2) is 4.98 Å². The fourth-order valence-electron chi connectivity index (χ4n) is 6.41. The van der Waals surface area contributed by atoms with Crippen molar-refractivity contribution in [3.63, 3.8) is 0 Å². The molecule has 11 nitrogen and oxygen atoms in total. The van der Waals surface area contributed by atoms with Crippen LogP contribution in [0.25, 0.3) is 10.9 Å². The van der Waals surface area contributed by atoms with E-state index >= 15 is 0 Å². The van der Waals surface area contributed by atoms with Crippen LogP contribution >= 0.6 is 0 Å². The van der Waals surface area contributed by atoms with Crippen molar-refractivity contribution in [3.8, 4) is 0 Å². The molecule has 6 rings (SSSR count). The van der Waals surface area contributed by atoms with Gasteiger partial charge in [0.1, 0.15) is 12.1 Å². The summed E-state index contributed by atoms with van der Waals surface area (Å²) in [4.78, 5) is 67.0. The van der Waals surface area contributed by atoms with Gasteiger partial charge in [-0.3, -0.25) is 24.1 Å². The second-order valence-electron chi connectivity index (χ2n) is 11.6. The van der Waals surface area contributed by atoms with Gasteiger partial charge in [0.15, 0.2) is 0 Å². The van der Waals surface area contributed by atoms with E-state index in [-0.39, 0.29) is 12.5 Å². The number of para-hydroxylation sites is 1. The third kappa shape index (κ3) is 5.62. The van der Waals surface area contributed by atoms with Gasteiger partial charge in [-0.2, -0.15) is 0 Å².